The molecule has 0 saturated carbocycles. The van der Waals surface area contributed by atoms with Gasteiger partial charge in [-0.25, -0.2) is 4.98 Å². The zero-order chi connectivity index (χ0) is 15.4. The molecule has 110 valence electrons. The molecule has 2 aromatic heterocycles. The second kappa shape index (κ2) is 6.53. The summed E-state index contributed by atoms with van der Waals surface area (Å²) in [7, 11) is 0. The van der Waals surface area contributed by atoms with Crippen molar-refractivity contribution >= 4 is 33.4 Å². The summed E-state index contributed by atoms with van der Waals surface area (Å²) in [6.45, 7) is 0. The standard InChI is InChI=1S/C16H14BrN5/c17-14-10-20-16(22-15(14)18)21-13-3-1-11(2-4-13)9-12-5-7-19-8-6-12/h1-8,10H,9H2,(H3,18,20,21,22). The second-order valence-corrected chi connectivity index (χ2v) is 5.64. The molecule has 0 atom stereocenters. The number of anilines is 3. The molecule has 2 heterocycles. The first-order valence-electron chi connectivity index (χ1n) is 6.73. The maximum Gasteiger partial charge on any atom is 0.229 e. The van der Waals surface area contributed by atoms with Crippen LogP contribution in [-0.4, -0.2) is 15.0 Å². The summed E-state index contributed by atoms with van der Waals surface area (Å²) in [6.07, 6.45) is 6.12. The molecule has 3 rings (SSSR count). The van der Waals surface area contributed by atoms with E-state index in [1.165, 1.54) is 11.1 Å². The summed E-state index contributed by atoms with van der Waals surface area (Å²) in [6, 6.07) is 12.2. The Morgan fingerprint density at radius 1 is 1.00 bits per heavy atom. The van der Waals surface area contributed by atoms with E-state index in [1.54, 1.807) is 18.6 Å². The van der Waals surface area contributed by atoms with E-state index in [9.17, 15) is 0 Å². The van der Waals surface area contributed by atoms with Crippen LogP contribution in [0.5, 0.6) is 0 Å². The number of nitrogens with one attached hydrogen (secondary N) is 1. The van der Waals surface area contributed by atoms with Crippen molar-refractivity contribution in [1.29, 1.82) is 0 Å². The van der Waals surface area contributed by atoms with Crippen LogP contribution in [0.3, 0.4) is 0 Å². The lowest BCUT2D eigenvalue weighted by atomic mass is 10.1. The van der Waals surface area contributed by atoms with Gasteiger partial charge in [-0.05, 0) is 57.7 Å². The van der Waals surface area contributed by atoms with Gasteiger partial charge >= 0.3 is 0 Å². The normalized spacial score (nSPS) is 10.4. The molecule has 5 nitrogen and oxygen atoms in total. The zero-order valence-corrected chi connectivity index (χ0v) is 13.3. The number of benzene rings is 1. The Balaban J connectivity index is 1.70. The number of nitrogens with zero attached hydrogens (tertiary/aromatic N) is 3. The van der Waals surface area contributed by atoms with Gasteiger partial charge in [-0.2, -0.15) is 4.98 Å². The molecule has 0 bridgehead atoms. The van der Waals surface area contributed by atoms with Gasteiger partial charge < -0.3 is 11.1 Å². The average molecular weight is 356 g/mol. The molecule has 0 unspecified atom stereocenters. The van der Waals surface area contributed by atoms with Crippen molar-refractivity contribution in [1.82, 2.24) is 15.0 Å². The fraction of sp³-hybridized carbons (Fsp3) is 0.0625. The van der Waals surface area contributed by atoms with Gasteiger partial charge in [0, 0.05) is 24.3 Å². The molecule has 0 aliphatic heterocycles. The van der Waals surface area contributed by atoms with Gasteiger partial charge in [-0.3, -0.25) is 4.98 Å². The fourth-order valence-corrected chi connectivity index (χ4v) is 2.20. The lowest BCUT2D eigenvalue weighted by molar-refractivity contribution is 1.15. The van der Waals surface area contributed by atoms with Crippen molar-refractivity contribution in [3.05, 3.63) is 70.6 Å². The minimum Gasteiger partial charge on any atom is -0.383 e. The van der Waals surface area contributed by atoms with Crippen molar-refractivity contribution < 1.29 is 0 Å². The first-order valence-corrected chi connectivity index (χ1v) is 7.53. The number of pyridine rings is 1. The Bertz CT molecular complexity index is 759. The molecule has 0 fully saturated rings. The molecule has 22 heavy (non-hydrogen) atoms. The molecule has 0 aliphatic rings. The summed E-state index contributed by atoms with van der Waals surface area (Å²) < 4.78 is 0.686. The van der Waals surface area contributed by atoms with Crippen LogP contribution < -0.4 is 11.1 Å². The largest absolute Gasteiger partial charge is 0.383 e. The van der Waals surface area contributed by atoms with Gasteiger partial charge in [0.25, 0.3) is 0 Å². The molecular weight excluding hydrogens is 342 g/mol. The molecule has 0 saturated heterocycles. The van der Waals surface area contributed by atoms with Crippen LogP contribution in [0.25, 0.3) is 0 Å². The number of aromatic nitrogens is 3. The van der Waals surface area contributed by atoms with E-state index in [-0.39, 0.29) is 0 Å². The Labute approximate surface area is 136 Å². The van der Waals surface area contributed by atoms with Crippen molar-refractivity contribution in [2.24, 2.45) is 0 Å². The lowest BCUT2D eigenvalue weighted by Crippen LogP contribution is -2.00. The predicted molar refractivity (Wildman–Crippen MR) is 90.9 cm³/mol. The fourth-order valence-electron chi connectivity index (χ4n) is 2.01. The summed E-state index contributed by atoms with van der Waals surface area (Å²) in [5.74, 6) is 0.884. The summed E-state index contributed by atoms with van der Waals surface area (Å²) >= 11 is 3.27. The van der Waals surface area contributed by atoms with E-state index in [0.29, 0.717) is 16.2 Å². The Hall–Kier alpha value is -2.47. The van der Waals surface area contributed by atoms with Gasteiger partial charge in [0.05, 0.1) is 4.47 Å². The topological polar surface area (TPSA) is 76.7 Å². The van der Waals surface area contributed by atoms with Crippen molar-refractivity contribution in [2.75, 3.05) is 11.1 Å². The van der Waals surface area contributed by atoms with Crippen LogP contribution in [-0.2, 0) is 6.42 Å². The number of halogens is 1. The lowest BCUT2D eigenvalue weighted by Gasteiger charge is -2.07. The third-order valence-corrected chi connectivity index (χ3v) is 3.75. The highest BCUT2D eigenvalue weighted by Crippen LogP contribution is 2.20. The third kappa shape index (κ3) is 3.59. The molecule has 1 aromatic carbocycles. The minimum atomic E-state index is 0.409. The maximum absolute atomic E-state index is 5.74. The van der Waals surface area contributed by atoms with Gasteiger partial charge in [-0.15, -0.1) is 0 Å². The highest BCUT2D eigenvalue weighted by Gasteiger charge is 2.02. The molecule has 0 aliphatic carbocycles. The monoisotopic (exact) mass is 355 g/mol. The molecule has 0 amide bonds. The number of rotatable bonds is 4. The van der Waals surface area contributed by atoms with Crippen LogP contribution in [0.15, 0.2) is 59.5 Å². The average Bonchev–Trinajstić information content (AvgIpc) is 2.54. The van der Waals surface area contributed by atoms with Gasteiger partial charge in [0.15, 0.2) is 0 Å². The molecule has 3 aromatic rings. The highest BCUT2D eigenvalue weighted by molar-refractivity contribution is 9.10. The molecule has 6 heteroatoms. The van der Waals surface area contributed by atoms with Gasteiger partial charge in [-0.1, -0.05) is 12.1 Å². The minimum absolute atomic E-state index is 0.409. The first kappa shape index (κ1) is 14.5. The number of nitrogen functional groups attached to an aromatic ring is 1. The zero-order valence-electron chi connectivity index (χ0n) is 11.7. The van der Waals surface area contributed by atoms with E-state index in [0.717, 1.165) is 12.1 Å². The summed E-state index contributed by atoms with van der Waals surface area (Å²) in [5.41, 5.74) is 9.12. The van der Waals surface area contributed by atoms with E-state index in [2.05, 4.69) is 48.3 Å². The number of hydrogen-bond donors (Lipinski definition) is 2. The van der Waals surface area contributed by atoms with Crippen LogP contribution in [0.4, 0.5) is 17.5 Å². The van der Waals surface area contributed by atoms with E-state index < -0.39 is 0 Å². The Kier molecular flexibility index (Phi) is 4.29. The Morgan fingerprint density at radius 3 is 2.36 bits per heavy atom. The Morgan fingerprint density at radius 2 is 1.68 bits per heavy atom. The number of hydrogen-bond acceptors (Lipinski definition) is 5. The van der Waals surface area contributed by atoms with Crippen LogP contribution in [0.1, 0.15) is 11.1 Å². The maximum atomic E-state index is 5.74. The van der Waals surface area contributed by atoms with Crippen LogP contribution in [0.2, 0.25) is 0 Å². The molecule has 0 spiro atoms. The van der Waals surface area contributed by atoms with Crippen LogP contribution >= 0.6 is 15.9 Å². The molecule has 3 N–H and O–H groups in total. The van der Waals surface area contributed by atoms with Crippen molar-refractivity contribution in [3.63, 3.8) is 0 Å². The van der Waals surface area contributed by atoms with Crippen molar-refractivity contribution in [2.45, 2.75) is 6.42 Å². The SMILES string of the molecule is Nc1nc(Nc2ccc(Cc3ccncc3)cc2)ncc1Br. The van der Waals surface area contributed by atoms with Gasteiger partial charge in [0.1, 0.15) is 5.82 Å². The van der Waals surface area contributed by atoms with E-state index in [4.69, 9.17) is 5.73 Å². The third-order valence-electron chi connectivity index (χ3n) is 3.14. The highest BCUT2D eigenvalue weighted by atomic mass is 79.9. The quantitative estimate of drug-likeness (QED) is 0.748. The summed E-state index contributed by atoms with van der Waals surface area (Å²) in [4.78, 5) is 12.4. The van der Waals surface area contributed by atoms with Crippen molar-refractivity contribution in [3.8, 4) is 0 Å². The predicted octanol–water partition coefficient (Wildman–Crippen LogP) is 3.55. The smallest absolute Gasteiger partial charge is 0.229 e. The molecule has 0 radical (unpaired) electrons. The van der Waals surface area contributed by atoms with Gasteiger partial charge in [0.2, 0.25) is 5.95 Å². The number of nitrogens with two attached hydrogens (primary N) is 1. The van der Waals surface area contributed by atoms with E-state index >= 15 is 0 Å². The second-order valence-electron chi connectivity index (χ2n) is 4.78. The summed E-state index contributed by atoms with van der Waals surface area (Å²) in [5, 5.41) is 3.13. The first-order chi connectivity index (χ1) is 10.7. The van der Waals surface area contributed by atoms with E-state index in [1.807, 2.05) is 24.3 Å². The van der Waals surface area contributed by atoms with Crippen LogP contribution in [0, 0.1) is 0 Å². The molecular formula is C16H14BrN5.